The van der Waals surface area contributed by atoms with Crippen LogP contribution in [-0.2, 0) is 4.79 Å². The quantitative estimate of drug-likeness (QED) is 0.343. The topological polar surface area (TPSA) is 87.7 Å². The first-order valence-corrected chi connectivity index (χ1v) is 6.94. The van der Waals surface area contributed by atoms with Gasteiger partial charge in [-0.05, 0) is 25.0 Å². The number of hydrogen-bond donors (Lipinski definition) is 3. The number of rotatable bonds is 3. The van der Waals surface area contributed by atoms with Crippen LogP contribution in [0, 0.1) is 5.41 Å². The fourth-order valence-electron chi connectivity index (χ4n) is 2.66. The zero-order valence-corrected chi connectivity index (χ0v) is 11.7. The summed E-state index contributed by atoms with van der Waals surface area (Å²) in [5, 5.41) is 14.6. The van der Waals surface area contributed by atoms with Crippen LogP contribution in [0.5, 0.6) is 0 Å². The lowest BCUT2D eigenvalue weighted by molar-refractivity contribution is -0.126. The Bertz CT molecular complexity index is 520. The van der Waals surface area contributed by atoms with Crippen molar-refractivity contribution in [1.29, 1.82) is 0 Å². The fraction of sp³-hybridized carbons (Fsp3) is 0.467. The van der Waals surface area contributed by atoms with E-state index in [9.17, 15) is 4.79 Å². The molecule has 0 spiro atoms. The van der Waals surface area contributed by atoms with Gasteiger partial charge in [0.1, 0.15) is 0 Å². The molecule has 1 fully saturated rings. The Morgan fingerprint density at radius 2 is 2.05 bits per heavy atom. The average molecular weight is 275 g/mol. The minimum atomic E-state index is -0.287. The van der Waals surface area contributed by atoms with Crippen molar-refractivity contribution in [2.45, 2.75) is 39.0 Å². The Kier molecular flexibility index (Phi) is 4.27. The molecule has 0 heterocycles. The molecule has 0 aliphatic heterocycles. The van der Waals surface area contributed by atoms with E-state index >= 15 is 0 Å². The van der Waals surface area contributed by atoms with E-state index in [1.54, 1.807) is 24.3 Å². The van der Waals surface area contributed by atoms with Gasteiger partial charge in [-0.3, -0.25) is 4.79 Å². The average Bonchev–Trinajstić information content (AvgIpc) is 2.47. The number of benzene rings is 1. The maximum Gasteiger partial charge on any atom is 0.230 e. The van der Waals surface area contributed by atoms with E-state index in [-0.39, 0.29) is 17.2 Å². The molecule has 4 N–H and O–H groups in total. The normalized spacial score (nSPS) is 18.6. The third-order valence-corrected chi connectivity index (χ3v) is 4.03. The van der Waals surface area contributed by atoms with Crippen LogP contribution in [0.4, 0.5) is 5.69 Å². The highest BCUT2D eigenvalue weighted by atomic mass is 16.4. The first-order chi connectivity index (χ1) is 9.55. The zero-order chi connectivity index (χ0) is 14.6. The monoisotopic (exact) mass is 275 g/mol. The van der Waals surface area contributed by atoms with E-state index in [2.05, 4.69) is 10.5 Å². The van der Waals surface area contributed by atoms with Crippen molar-refractivity contribution in [3.8, 4) is 0 Å². The molecule has 1 saturated carbocycles. The Labute approximate surface area is 118 Å². The van der Waals surface area contributed by atoms with E-state index < -0.39 is 0 Å². The van der Waals surface area contributed by atoms with Gasteiger partial charge in [-0.2, -0.15) is 0 Å². The molecule has 5 nitrogen and oxygen atoms in total. The van der Waals surface area contributed by atoms with Crippen LogP contribution in [0.2, 0.25) is 0 Å². The van der Waals surface area contributed by atoms with Crippen molar-refractivity contribution in [2.24, 2.45) is 16.3 Å². The molecule has 0 saturated heterocycles. The van der Waals surface area contributed by atoms with Crippen LogP contribution in [0.25, 0.3) is 0 Å². The van der Waals surface area contributed by atoms with Gasteiger partial charge in [-0.25, -0.2) is 0 Å². The van der Waals surface area contributed by atoms with Gasteiger partial charge in [0.2, 0.25) is 5.91 Å². The van der Waals surface area contributed by atoms with Crippen LogP contribution in [0.3, 0.4) is 0 Å². The summed E-state index contributed by atoms with van der Waals surface area (Å²) in [7, 11) is 0. The highest BCUT2D eigenvalue weighted by molar-refractivity contribution is 6.00. The predicted octanol–water partition coefficient (Wildman–Crippen LogP) is 2.69. The van der Waals surface area contributed by atoms with Crippen LogP contribution in [0.1, 0.15) is 44.6 Å². The van der Waals surface area contributed by atoms with Crippen molar-refractivity contribution in [3.05, 3.63) is 29.8 Å². The Morgan fingerprint density at radius 1 is 1.35 bits per heavy atom. The predicted molar refractivity (Wildman–Crippen MR) is 78.8 cm³/mol. The van der Waals surface area contributed by atoms with E-state index in [0.717, 1.165) is 25.7 Å². The smallest absolute Gasteiger partial charge is 0.230 e. The number of carbonyl (C=O) groups excluding carboxylic acids is 1. The lowest BCUT2D eigenvalue weighted by Crippen LogP contribution is -2.35. The lowest BCUT2D eigenvalue weighted by atomic mass is 9.75. The molecule has 20 heavy (non-hydrogen) atoms. The van der Waals surface area contributed by atoms with Crippen LogP contribution >= 0.6 is 0 Å². The summed E-state index contributed by atoms with van der Waals surface area (Å²) in [6, 6.07) is 7.01. The molecule has 5 heteroatoms. The SMILES string of the molecule is CC1(C(=O)Nc2cccc(/C(N)=N/O)c2)CCCCC1. The van der Waals surface area contributed by atoms with Crippen molar-refractivity contribution in [2.75, 3.05) is 5.32 Å². The van der Waals surface area contributed by atoms with Crippen molar-refractivity contribution < 1.29 is 10.0 Å². The second kappa shape index (κ2) is 5.94. The standard InChI is InChI=1S/C15H21N3O2/c1-15(8-3-2-4-9-15)14(19)17-12-7-5-6-11(10-12)13(16)18-20/h5-7,10,20H,2-4,8-9H2,1H3,(H2,16,18)(H,17,19). The minimum Gasteiger partial charge on any atom is -0.409 e. The van der Waals surface area contributed by atoms with Gasteiger partial charge < -0.3 is 16.3 Å². The molecule has 2 rings (SSSR count). The molecule has 1 aliphatic rings. The second-order valence-electron chi connectivity index (χ2n) is 5.64. The van der Waals surface area contributed by atoms with Crippen molar-refractivity contribution in [1.82, 2.24) is 0 Å². The fourth-order valence-corrected chi connectivity index (χ4v) is 2.66. The lowest BCUT2D eigenvalue weighted by Gasteiger charge is -2.32. The number of amides is 1. The first-order valence-electron chi connectivity index (χ1n) is 6.94. The third kappa shape index (κ3) is 3.10. The summed E-state index contributed by atoms with van der Waals surface area (Å²) in [6.07, 6.45) is 5.28. The van der Waals surface area contributed by atoms with Gasteiger partial charge in [0.25, 0.3) is 0 Å². The van der Waals surface area contributed by atoms with E-state index in [0.29, 0.717) is 11.3 Å². The summed E-state index contributed by atoms with van der Waals surface area (Å²) < 4.78 is 0. The zero-order valence-electron chi connectivity index (χ0n) is 11.7. The molecular weight excluding hydrogens is 254 g/mol. The first kappa shape index (κ1) is 14.4. The van der Waals surface area contributed by atoms with Gasteiger partial charge in [-0.1, -0.05) is 43.5 Å². The molecule has 0 bridgehead atoms. The molecule has 108 valence electrons. The molecule has 0 aromatic heterocycles. The Morgan fingerprint density at radius 3 is 2.70 bits per heavy atom. The Balaban J connectivity index is 2.11. The number of nitrogens with one attached hydrogen (secondary N) is 1. The summed E-state index contributed by atoms with van der Waals surface area (Å²) in [4.78, 5) is 12.4. The van der Waals surface area contributed by atoms with E-state index in [4.69, 9.17) is 10.9 Å². The largest absolute Gasteiger partial charge is 0.409 e. The molecule has 1 aromatic rings. The summed E-state index contributed by atoms with van der Waals surface area (Å²) in [6.45, 7) is 2.02. The number of amidine groups is 1. The van der Waals surface area contributed by atoms with Gasteiger partial charge in [0.05, 0.1) is 0 Å². The maximum atomic E-state index is 12.4. The van der Waals surface area contributed by atoms with Crippen LogP contribution < -0.4 is 11.1 Å². The van der Waals surface area contributed by atoms with Crippen molar-refractivity contribution >= 4 is 17.4 Å². The van der Waals surface area contributed by atoms with Crippen LogP contribution in [-0.4, -0.2) is 17.0 Å². The van der Waals surface area contributed by atoms with Gasteiger partial charge in [0.15, 0.2) is 5.84 Å². The highest BCUT2D eigenvalue weighted by Crippen LogP contribution is 2.36. The highest BCUT2D eigenvalue weighted by Gasteiger charge is 2.34. The van der Waals surface area contributed by atoms with E-state index in [1.165, 1.54) is 6.42 Å². The maximum absolute atomic E-state index is 12.4. The molecule has 0 unspecified atom stereocenters. The summed E-state index contributed by atoms with van der Waals surface area (Å²) >= 11 is 0. The number of carbonyl (C=O) groups is 1. The molecule has 0 atom stereocenters. The van der Waals surface area contributed by atoms with E-state index in [1.807, 2.05) is 6.92 Å². The Hall–Kier alpha value is -2.04. The molecular formula is C15H21N3O2. The molecule has 1 aliphatic carbocycles. The minimum absolute atomic E-state index is 0.0324. The van der Waals surface area contributed by atoms with Gasteiger partial charge in [-0.15, -0.1) is 0 Å². The number of oxime groups is 1. The van der Waals surface area contributed by atoms with Gasteiger partial charge in [0, 0.05) is 16.7 Å². The van der Waals surface area contributed by atoms with Crippen molar-refractivity contribution in [3.63, 3.8) is 0 Å². The third-order valence-electron chi connectivity index (χ3n) is 4.03. The summed E-state index contributed by atoms with van der Waals surface area (Å²) in [5.74, 6) is 0.0823. The number of nitrogens with two attached hydrogens (primary N) is 1. The molecule has 1 amide bonds. The second-order valence-corrected chi connectivity index (χ2v) is 5.64. The summed E-state index contributed by atoms with van der Waals surface area (Å²) in [5.41, 5.74) is 6.52. The van der Waals surface area contributed by atoms with Gasteiger partial charge >= 0.3 is 0 Å². The molecule has 1 aromatic carbocycles. The number of hydrogen-bond acceptors (Lipinski definition) is 3. The number of nitrogens with zero attached hydrogens (tertiary/aromatic N) is 1. The molecule has 0 radical (unpaired) electrons. The van der Waals surface area contributed by atoms with Crippen LogP contribution in [0.15, 0.2) is 29.4 Å². The number of anilines is 1.